The molecule has 0 nitrogen and oxygen atoms in total. The summed E-state index contributed by atoms with van der Waals surface area (Å²) >= 11 is 0. The lowest BCUT2D eigenvalue weighted by Gasteiger charge is -2.06. The Kier molecular flexibility index (Phi) is 4.07. The Balaban J connectivity index is 1.91. The van der Waals surface area contributed by atoms with E-state index in [1.165, 1.54) is 54.2 Å². The molecule has 5 aromatic rings. The van der Waals surface area contributed by atoms with Crippen LogP contribution in [0.5, 0.6) is 0 Å². The summed E-state index contributed by atoms with van der Waals surface area (Å²) in [6, 6.07) is 18.0. The van der Waals surface area contributed by atoms with Gasteiger partial charge in [0.1, 0.15) is 16.1 Å². The number of rotatable bonds is 0. The van der Waals surface area contributed by atoms with Crippen molar-refractivity contribution >= 4 is 59.2 Å². The highest BCUT2D eigenvalue weighted by Gasteiger charge is 2.19. The Labute approximate surface area is 181 Å². The summed E-state index contributed by atoms with van der Waals surface area (Å²) in [6.07, 6.45) is 0. The third kappa shape index (κ3) is 3.09. The molecule has 0 radical (unpaired) electrons. The molecule has 0 aliphatic carbocycles. The molecule has 0 saturated heterocycles. The minimum atomic E-state index is -1.43. The fourth-order valence-electron chi connectivity index (χ4n) is 4.31. The molecule has 30 heavy (non-hydrogen) atoms. The molecule has 0 aromatic heterocycles. The van der Waals surface area contributed by atoms with E-state index in [4.69, 9.17) is 0 Å². The van der Waals surface area contributed by atoms with E-state index in [0.29, 0.717) is 0 Å². The molecular weight excluding hydrogens is 392 g/mol. The Morgan fingerprint density at radius 2 is 0.867 bits per heavy atom. The first kappa shape index (κ1) is 19.2. The van der Waals surface area contributed by atoms with Crippen LogP contribution in [0.3, 0.4) is 0 Å². The van der Waals surface area contributed by atoms with E-state index in [-0.39, 0.29) is 0 Å². The van der Waals surface area contributed by atoms with Crippen molar-refractivity contribution in [3.63, 3.8) is 0 Å². The fraction of sp³-hybridized carbons (Fsp3) is 0.214. The maximum Gasteiger partial charge on any atom is 0.129 e. The van der Waals surface area contributed by atoms with Crippen LogP contribution in [0.25, 0.3) is 43.1 Å². The molecule has 0 amide bonds. The van der Waals surface area contributed by atoms with E-state index in [1.807, 2.05) is 0 Å². The van der Waals surface area contributed by atoms with Gasteiger partial charge < -0.3 is 0 Å². The second-order valence-corrected chi connectivity index (χ2v) is 19.9. The Hall–Kier alpha value is -2.79. The van der Waals surface area contributed by atoms with Crippen molar-refractivity contribution in [2.75, 3.05) is 0 Å². The zero-order chi connectivity index (χ0) is 21.3. The minimum absolute atomic E-state index is 1.17. The van der Waals surface area contributed by atoms with E-state index in [2.05, 4.69) is 111 Å². The average Bonchev–Trinajstić information content (AvgIpc) is 3.22. The van der Waals surface area contributed by atoms with Crippen molar-refractivity contribution in [1.29, 1.82) is 0 Å². The highest BCUT2D eigenvalue weighted by atomic mass is 28.3. The van der Waals surface area contributed by atoms with Crippen molar-refractivity contribution in [3.05, 3.63) is 59.7 Å². The molecular formula is C28H26Si2. The van der Waals surface area contributed by atoms with Crippen LogP contribution in [0.1, 0.15) is 11.1 Å². The van der Waals surface area contributed by atoms with Crippen LogP contribution in [-0.4, -0.2) is 16.1 Å². The monoisotopic (exact) mass is 418 g/mol. The van der Waals surface area contributed by atoms with Gasteiger partial charge in [-0.1, -0.05) is 87.5 Å². The van der Waals surface area contributed by atoms with Crippen LogP contribution in [0, 0.1) is 22.9 Å². The van der Waals surface area contributed by atoms with Crippen LogP contribution in [-0.2, 0) is 0 Å². The van der Waals surface area contributed by atoms with Crippen molar-refractivity contribution < 1.29 is 0 Å². The number of hydrogen-bond donors (Lipinski definition) is 0. The summed E-state index contributed by atoms with van der Waals surface area (Å²) in [4.78, 5) is 0. The molecule has 0 atom stereocenters. The lowest BCUT2D eigenvalue weighted by molar-refractivity contribution is 1.80. The summed E-state index contributed by atoms with van der Waals surface area (Å²) < 4.78 is 0. The summed E-state index contributed by atoms with van der Waals surface area (Å²) in [5.41, 5.74) is 9.47. The van der Waals surface area contributed by atoms with Crippen molar-refractivity contribution in [3.8, 4) is 22.9 Å². The van der Waals surface area contributed by atoms with Crippen LogP contribution in [0.4, 0.5) is 0 Å². The van der Waals surface area contributed by atoms with E-state index in [0.717, 1.165) is 0 Å². The molecule has 0 bridgehead atoms. The molecule has 5 rings (SSSR count). The topological polar surface area (TPSA) is 0 Å². The zero-order valence-electron chi connectivity index (χ0n) is 18.6. The normalized spacial score (nSPS) is 12.5. The molecule has 0 aliphatic rings. The molecule has 0 N–H and O–H groups in total. The Bertz CT molecular complexity index is 1430. The summed E-state index contributed by atoms with van der Waals surface area (Å²) in [5.74, 6) is 7.06. The van der Waals surface area contributed by atoms with Crippen LogP contribution in [0.15, 0.2) is 48.5 Å². The maximum absolute atomic E-state index is 3.56. The second kappa shape index (κ2) is 6.35. The lowest BCUT2D eigenvalue weighted by atomic mass is 9.97. The number of fused-ring (bicyclic) bond motifs is 2. The van der Waals surface area contributed by atoms with Gasteiger partial charge in [0, 0.05) is 11.1 Å². The van der Waals surface area contributed by atoms with Gasteiger partial charge in [-0.25, -0.2) is 0 Å². The molecule has 0 unspecified atom stereocenters. The highest BCUT2D eigenvalue weighted by molar-refractivity contribution is 6.84. The van der Waals surface area contributed by atoms with Crippen molar-refractivity contribution in [2.45, 2.75) is 39.3 Å². The second-order valence-electron chi connectivity index (χ2n) is 10.4. The summed E-state index contributed by atoms with van der Waals surface area (Å²) in [5, 5.41) is 10.6. The maximum atomic E-state index is 3.56. The Morgan fingerprint density at radius 1 is 0.500 bits per heavy atom. The first-order chi connectivity index (χ1) is 14.1. The molecule has 0 saturated carbocycles. The van der Waals surface area contributed by atoms with Crippen molar-refractivity contribution in [2.24, 2.45) is 0 Å². The van der Waals surface area contributed by atoms with E-state index < -0.39 is 16.1 Å². The SMILES string of the molecule is C[Si](C)(C)C#Cc1cc2c3cccc4c(C#C[Si](C)(C)C)cc(c5cccc1c52)c43. The molecule has 0 fully saturated rings. The van der Waals surface area contributed by atoms with Gasteiger partial charge in [0.2, 0.25) is 0 Å². The summed E-state index contributed by atoms with van der Waals surface area (Å²) in [7, 11) is -2.86. The molecule has 0 spiro atoms. The predicted molar refractivity (Wildman–Crippen MR) is 139 cm³/mol. The van der Waals surface area contributed by atoms with Gasteiger partial charge in [-0.3, -0.25) is 0 Å². The van der Waals surface area contributed by atoms with E-state index in [9.17, 15) is 0 Å². The molecule has 0 aliphatic heterocycles. The molecule has 146 valence electrons. The minimum Gasteiger partial charge on any atom is -0.127 e. The third-order valence-corrected chi connectivity index (χ3v) is 7.30. The first-order valence-electron chi connectivity index (χ1n) is 10.6. The number of benzene rings is 3. The molecule has 0 heterocycles. The largest absolute Gasteiger partial charge is 0.129 e. The standard InChI is InChI=1S/C28H26Si2/c1-29(2,3)15-13-19-17-25-23-12-8-10-22-20(14-16-30(4,5)6)18-26(28(22)23)24-11-7-9-21(19)27(24)25/h7-12,17-18H,1-6H3. The smallest absolute Gasteiger partial charge is 0.127 e. The lowest BCUT2D eigenvalue weighted by Crippen LogP contribution is -2.16. The fourth-order valence-corrected chi connectivity index (χ4v) is 5.33. The van der Waals surface area contributed by atoms with Gasteiger partial charge in [-0.05, 0) is 55.2 Å². The predicted octanol–water partition coefficient (Wildman–Crippen LogP) is 7.63. The van der Waals surface area contributed by atoms with Crippen molar-refractivity contribution in [1.82, 2.24) is 0 Å². The van der Waals surface area contributed by atoms with Gasteiger partial charge in [-0.15, -0.1) is 11.1 Å². The number of hydrogen-bond acceptors (Lipinski definition) is 0. The zero-order valence-corrected chi connectivity index (χ0v) is 20.6. The summed E-state index contributed by atoms with van der Waals surface area (Å²) in [6.45, 7) is 13.8. The van der Waals surface area contributed by atoms with Gasteiger partial charge in [0.05, 0.1) is 0 Å². The van der Waals surface area contributed by atoms with Gasteiger partial charge in [0.15, 0.2) is 0 Å². The molecule has 5 aromatic carbocycles. The van der Waals surface area contributed by atoms with Crippen LogP contribution in [0.2, 0.25) is 39.3 Å². The Morgan fingerprint density at radius 3 is 1.23 bits per heavy atom. The molecule has 2 heteroatoms. The van der Waals surface area contributed by atoms with E-state index >= 15 is 0 Å². The third-order valence-electron chi connectivity index (χ3n) is 5.55. The van der Waals surface area contributed by atoms with Crippen LogP contribution >= 0.6 is 0 Å². The highest BCUT2D eigenvalue weighted by Crippen LogP contribution is 2.44. The first-order valence-corrected chi connectivity index (χ1v) is 17.6. The van der Waals surface area contributed by atoms with Gasteiger partial charge >= 0.3 is 0 Å². The quantitative estimate of drug-likeness (QED) is 0.138. The van der Waals surface area contributed by atoms with Gasteiger partial charge in [-0.2, -0.15) is 0 Å². The van der Waals surface area contributed by atoms with Gasteiger partial charge in [0.25, 0.3) is 0 Å². The average molecular weight is 419 g/mol. The van der Waals surface area contributed by atoms with Crippen LogP contribution < -0.4 is 0 Å². The van der Waals surface area contributed by atoms with E-state index in [1.54, 1.807) is 0 Å².